The maximum Gasteiger partial charge on any atom is 0.264 e. The summed E-state index contributed by atoms with van der Waals surface area (Å²) in [6.07, 6.45) is 0.306. The molecule has 0 aliphatic carbocycles. The van der Waals surface area contributed by atoms with E-state index in [2.05, 4.69) is 5.32 Å². The summed E-state index contributed by atoms with van der Waals surface area (Å²) in [4.78, 5) is 28.6. The molecular formula is C30H36FN3O4S. The highest BCUT2D eigenvalue weighted by atomic mass is 32.2. The molecule has 208 valence electrons. The number of amides is 2. The Morgan fingerprint density at radius 3 is 2.10 bits per heavy atom. The number of hydrogen-bond donors (Lipinski definition) is 1. The minimum absolute atomic E-state index is 0.00925. The molecule has 0 aliphatic heterocycles. The fourth-order valence-electron chi connectivity index (χ4n) is 4.28. The molecular weight excluding hydrogens is 517 g/mol. The molecule has 2 amide bonds. The molecule has 9 heteroatoms. The molecule has 0 heterocycles. The van der Waals surface area contributed by atoms with Gasteiger partial charge in [-0.2, -0.15) is 0 Å². The number of carbonyl (C=O) groups is 2. The van der Waals surface area contributed by atoms with Crippen LogP contribution < -0.4 is 9.62 Å². The van der Waals surface area contributed by atoms with Crippen LogP contribution in [0.1, 0.15) is 43.9 Å². The Morgan fingerprint density at radius 1 is 0.923 bits per heavy atom. The van der Waals surface area contributed by atoms with E-state index in [0.29, 0.717) is 23.2 Å². The number of aryl methyl sites for hydroxylation is 2. The predicted molar refractivity (Wildman–Crippen MR) is 151 cm³/mol. The zero-order chi connectivity index (χ0) is 28.7. The van der Waals surface area contributed by atoms with Crippen LogP contribution in [0.2, 0.25) is 0 Å². The Kier molecular flexibility index (Phi) is 9.86. The van der Waals surface area contributed by atoms with Gasteiger partial charge in [0, 0.05) is 12.6 Å². The van der Waals surface area contributed by atoms with E-state index in [1.807, 2.05) is 20.8 Å². The molecule has 1 unspecified atom stereocenters. The third kappa shape index (κ3) is 7.44. The predicted octanol–water partition coefficient (Wildman–Crippen LogP) is 4.97. The van der Waals surface area contributed by atoms with Crippen LogP contribution in [0.5, 0.6) is 0 Å². The molecule has 0 spiro atoms. The van der Waals surface area contributed by atoms with E-state index in [1.54, 1.807) is 62.4 Å². The molecule has 0 saturated heterocycles. The fraction of sp³-hybridized carbons (Fsp3) is 0.333. The molecule has 7 nitrogen and oxygen atoms in total. The van der Waals surface area contributed by atoms with E-state index in [0.717, 1.165) is 9.87 Å². The van der Waals surface area contributed by atoms with Crippen LogP contribution >= 0.6 is 0 Å². The van der Waals surface area contributed by atoms with Gasteiger partial charge in [-0.15, -0.1) is 0 Å². The van der Waals surface area contributed by atoms with E-state index in [4.69, 9.17) is 0 Å². The first kappa shape index (κ1) is 29.8. The van der Waals surface area contributed by atoms with Crippen molar-refractivity contribution in [2.75, 3.05) is 10.8 Å². The van der Waals surface area contributed by atoms with Crippen LogP contribution in [0, 0.1) is 19.7 Å². The largest absolute Gasteiger partial charge is 0.352 e. The van der Waals surface area contributed by atoms with Crippen LogP contribution in [0.15, 0.2) is 77.7 Å². The minimum atomic E-state index is -4.14. The molecule has 1 atom stereocenters. The third-order valence-electron chi connectivity index (χ3n) is 6.36. The number of para-hydroxylation sites is 1. The maximum absolute atomic E-state index is 14.0. The van der Waals surface area contributed by atoms with Gasteiger partial charge in [0.05, 0.1) is 10.6 Å². The highest BCUT2D eigenvalue weighted by molar-refractivity contribution is 7.92. The van der Waals surface area contributed by atoms with Crippen molar-refractivity contribution in [1.29, 1.82) is 0 Å². The molecule has 3 aromatic carbocycles. The van der Waals surface area contributed by atoms with Crippen molar-refractivity contribution in [2.24, 2.45) is 0 Å². The molecule has 39 heavy (non-hydrogen) atoms. The first-order chi connectivity index (χ1) is 18.4. The number of halogens is 1. The van der Waals surface area contributed by atoms with E-state index < -0.39 is 34.3 Å². The monoisotopic (exact) mass is 553 g/mol. The maximum atomic E-state index is 14.0. The molecule has 0 saturated carbocycles. The molecule has 0 radical (unpaired) electrons. The molecule has 0 aromatic heterocycles. The average Bonchev–Trinajstić information content (AvgIpc) is 2.88. The standard InChI is InChI=1S/C30H36FN3O4S/c1-6-27(30(36)32-21(2)3)33(19-24-13-15-25(31)16-14-24)29(35)20-34(28-10-8-7-9-23(28)5)39(37,38)26-17-11-22(4)12-18-26/h7-18,21,27H,6,19-20H2,1-5H3,(H,32,36). The summed E-state index contributed by atoms with van der Waals surface area (Å²) in [6.45, 7) is 8.56. The first-order valence-corrected chi connectivity index (χ1v) is 14.4. The van der Waals surface area contributed by atoms with Crippen molar-refractivity contribution in [3.05, 3.63) is 95.3 Å². The summed E-state index contributed by atoms with van der Waals surface area (Å²) in [6, 6.07) is 18.0. The first-order valence-electron chi connectivity index (χ1n) is 12.9. The Labute approximate surface area is 230 Å². The summed E-state index contributed by atoms with van der Waals surface area (Å²) < 4.78 is 42.5. The number of rotatable bonds is 11. The summed E-state index contributed by atoms with van der Waals surface area (Å²) in [5.74, 6) is -1.31. The molecule has 0 fully saturated rings. The van der Waals surface area contributed by atoms with E-state index in [1.165, 1.54) is 29.2 Å². The Hall–Kier alpha value is -3.72. The van der Waals surface area contributed by atoms with Crippen LogP contribution in [-0.2, 0) is 26.2 Å². The van der Waals surface area contributed by atoms with Crippen LogP contribution in [0.25, 0.3) is 0 Å². The van der Waals surface area contributed by atoms with Crippen molar-refractivity contribution in [1.82, 2.24) is 10.2 Å². The Morgan fingerprint density at radius 2 is 1.54 bits per heavy atom. The number of hydrogen-bond acceptors (Lipinski definition) is 4. The second kappa shape index (κ2) is 12.9. The number of carbonyl (C=O) groups excluding carboxylic acids is 2. The topological polar surface area (TPSA) is 86.8 Å². The van der Waals surface area contributed by atoms with E-state index in [9.17, 15) is 22.4 Å². The third-order valence-corrected chi connectivity index (χ3v) is 8.13. The number of nitrogens with one attached hydrogen (secondary N) is 1. The summed E-state index contributed by atoms with van der Waals surface area (Å²) in [5.41, 5.74) is 2.56. The summed E-state index contributed by atoms with van der Waals surface area (Å²) >= 11 is 0. The van der Waals surface area contributed by atoms with Gasteiger partial charge >= 0.3 is 0 Å². The van der Waals surface area contributed by atoms with Crippen molar-refractivity contribution in [3.8, 4) is 0 Å². The zero-order valence-corrected chi connectivity index (χ0v) is 23.8. The van der Waals surface area contributed by atoms with Gasteiger partial charge in [-0.1, -0.05) is 55.0 Å². The Balaban J connectivity index is 2.07. The van der Waals surface area contributed by atoms with Gasteiger partial charge in [-0.05, 0) is 75.6 Å². The second-order valence-corrected chi connectivity index (χ2v) is 11.7. The van der Waals surface area contributed by atoms with Gasteiger partial charge in [-0.25, -0.2) is 12.8 Å². The van der Waals surface area contributed by atoms with Crippen LogP contribution in [0.3, 0.4) is 0 Å². The SMILES string of the molecule is CCC(C(=O)NC(C)C)N(Cc1ccc(F)cc1)C(=O)CN(c1ccccc1C)S(=O)(=O)c1ccc(C)cc1. The zero-order valence-electron chi connectivity index (χ0n) is 23.0. The molecule has 3 aromatic rings. The second-order valence-electron chi connectivity index (χ2n) is 9.85. The smallest absolute Gasteiger partial charge is 0.264 e. The number of anilines is 1. The van der Waals surface area contributed by atoms with Gasteiger partial charge in [0.25, 0.3) is 10.0 Å². The quantitative estimate of drug-likeness (QED) is 0.363. The fourth-order valence-corrected chi connectivity index (χ4v) is 5.76. The molecule has 1 N–H and O–H groups in total. The van der Waals surface area contributed by atoms with E-state index >= 15 is 0 Å². The van der Waals surface area contributed by atoms with Gasteiger partial charge in [0.1, 0.15) is 18.4 Å². The lowest BCUT2D eigenvalue weighted by Crippen LogP contribution is -2.53. The average molecular weight is 554 g/mol. The van der Waals surface area contributed by atoms with Gasteiger partial charge in [0.2, 0.25) is 11.8 Å². The van der Waals surface area contributed by atoms with Crippen LogP contribution in [0.4, 0.5) is 10.1 Å². The van der Waals surface area contributed by atoms with E-state index in [-0.39, 0.29) is 23.4 Å². The highest BCUT2D eigenvalue weighted by Gasteiger charge is 2.34. The molecule has 0 aliphatic rings. The normalized spacial score (nSPS) is 12.2. The van der Waals surface area contributed by atoms with Crippen molar-refractivity contribution in [2.45, 2.75) is 64.6 Å². The van der Waals surface area contributed by atoms with Crippen molar-refractivity contribution < 1.29 is 22.4 Å². The highest BCUT2D eigenvalue weighted by Crippen LogP contribution is 2.27. The lowest BCUT2D eigenvalue weighted by molar-refractivity contribution is -0.140. The molecule has 0 bridgehead atoms. The number of benzene rings is 3. The van der Waals surface area contributed by atoms with Crippen LogP contribution in [-0.4, -0.2) is 43.8 Å². The van der Waals surface area contributed by atoms with Crippen molar-refractivity contribution in [3.63, 3.8) is 0 Å². The molecule has 3 rings (SSSR count). The lowest BCUT2D eigenvalue weighted by atomic mass is 10.1. The van der Waals surface area contributed by atoms with Gasteiger partial charge in [0.15, 0.2) is 0 Å². The van der Waals surface area contributed by atoms with Crippen molar-refractivity contribution >= 4 is 27.5 Å². The Bertz CT molecular complexity index is 1390. The summed E-state index contributed by atoms with van der Waals surface area (Å²) in [7, 11) is -4.14. The number of sulfonamides is 1. The van der Waals surface area contributed by atoms with Gasteiger partial charge in [-0.3, -0.25) is 13.9 Å². The van der Waals surface area contributed by atoms with Gasteiger partial charge < -0.3 is 10.2 Å². The lowest BCUT2D eigenvalue weighted by Gasteiger charge is -2.34. The number of nitrogens with zero attached hydrogens (tertiary/aromatic N) is 2. The minimum Gasteiger partial charge on any atom is -0.352 e. The summed E-state index contributed by atoms with van der Waals surface area (Å²) in [5, 5.41) is 2.85.